The average Bonchev–Trinajstić information content (AvgIpc) is 2.91. The van der Waals surface area contributed by atoms with Gasteiger partial charge in [0.15, 0.2) is 0 Å². The van der Waals surface area contributed by atoms with Crippen LogP contribution in [-0.2, 0) is 35.6 Å². The maximum Gasteiger partial charge on any atom is 0.331 e. The summed E-state index contributed by atoms with van der Waals surface area (Å²) in [5.74, 6) is 0.741. The molecule has 0 N–H and O–H groups in total. The van der Waals surface area contributed by atoms with E-state index in [1.165, 1.54) is 20.3 Å². The van der Waals surface area contributed by atoms with Crippen molar-refractivity contribution < 1.29 is 9.59 Å². The van der Waals surface area contributed by atoms with Crippen LogP contribution in [0.1, 0.15) is 44.2 Å². The second-order valence-electron chi connectivity index (χ2n) is 11.0. The van der Waals surface area contributed by atoms with E-state index < -0.39 is 5.69 Å². The van der Waals surface area contributed by atoms with Crippen molar-refractivity contribution >= 4 is 22.7 Å². The molecule has 0 spiro atoms. The SMILES string of the molecule is C[C@@H]1C[C@@H](C)CN(C(=O)Cn2c(=O)n(CCCC(=O)N3CCc4ccccc4C3)c(=O)c3ccccc32)C1. The van der Waals surface area contributed by atoms with Crippen LogP contribution in [0, 0.1) is 11.8 Å². The minimum atomic E-state index is -0.500. The lowest BCUT2D eigenvalue weighted by atomic mass is 9.92. The highest BCUT2D eigenvalue weighted by Gasteiger charge is 2.27. The quantitative estimate of drug-likeness (QED) is 0.504. The number of benzene rings is 2. The van der Waals surface area contributed by atoms with Gasteiger partial charge in [-0.25, -0.2) is 4.79 Å². The van der Waals surface area contributed by atoms with E-state index in [2.05, 4.69) is 26.0 Å². The Labute approximate surface area is 222 Å². The van der Waals surface area contributed by atoms with Crippen molar-refractivity contribution in [1.82, 2.24) is 18.9 Å². The molecule has 3 aromatic rings. The molecule has 2 aliphatic rings. The monoisotopic (exact) mass is 516 g/mol. The van der Waals surface area contributed by atoms with E-state index in [1.807, 2.05) is 21.9 Å². The Morgan fingerprint density at radius 1 is 0.842 bits per heavy atom. The van der Waals surface area contributed by atoms with Gasteiger partial charge >= 0.3 is 5.69 Å². The van der Waals surface area contributed by atoms with Crippen LogP contribution in [0.3, 0.4) is 0 Å². The molecule has 0 unspecified atom stereocenters. The molecule has 8 heteroatoms. The lowest BCUT2D eigenvalue weighted by molar-refractivity contribution is -0.134. The molecule has 2 amide bonds. The molecule has 1 aromatic heterocycles. The first kappa shape index (κ1) is 25.9. The fourth-order valence-electron chi connectivity index (χ4n) is 6.08. The van der Waals surface area contributed by atoms with Gasteiger partial charge in [-0.2, -0.15) is 0 Å². The Morgan fingerprint density at radius 2 is 1.53 bits per heavy atom. The fourth-order valence-corrected chi connectivity index (χ4v) is 6.08. The maximum absolute atomic E-state index is 13.5. The molecule has 3 heterocycles. The summed E-state index contributed by atoms with van der Waals surface area (Å²) < 4.78 is 2.61. The molecule has 2 atom stereocenters. The van der Waals surface area contributed by atoms with E-state index in [0.717, 1.165) is 12.8 Å². The number of aromatic nitrogens is 2. The molecule has 0 saturated carbocycles. The lowest BCUT2D eigenvalue weighted by Gasteiger charge is -2.35. The Balaban J connectivity index is 1.33. The van der Waals surface area contributed by atoms with E-state index in [1.54, 1.807) is 24.3 Å². The minimum absolute atomic E-state index is 0.0252. The first-order valence-corrected chi connectivity index (χ1v) is 13.7. The number of carbonyl (C=O) groups excluding carboxylic acids is 2. The zero-order valence-electron chi connectivity index (χ0n) is 22.3. The second kappa shape index (κ2) is 11.0. The summed E-state index contributed by atoms with van der Waals surface area (Å²) in [6, 6.07) is 15.1. The summed E-state index contributed by atoms with van der Waals surface area (Å²) >= 11 is 0. The van der Waals surface area contributed by atoms with Crippen molar-refractivity contribution in [1.29, 1.82) is 0 Å². The smallest absolute Gasteiger partial charge is 0.331 e. The molecule has 8 nitrogen and oxygen atoms in total. The molecule has 0 bridgehead atoms. The number of rotatable bonds is 6. The number of piperidine rings is 1. The van der Waals surface area contributed by atoms with Crippen LogP contribution in [0.15, 0.2) is 58.1 Å². The van der Waals surface area contributed by atoms with Crippen LogP contribution >= 0.6 is 0 Å². The first-order chi connectivity index (χ1) is 18.3. The van der Waals surface area contributed by atoms with Gasteiger partial charge in [0, 0.05) is 39.1 Å². The second-order valence-corrected chi connectivity index (χ2v) is 11.0. The van der Waals surface area contributed by atoms with Crippen molar-refractivity contribution in [3.05, 3.63) is 80.5 Å². The molecule has 1 saturated heterocycles. The highest BCUT2D eigenvalue weighted by atomic mass is 16.2. The molecule has 0 radical (unpaired) electrons. The summed E-state index contributed by atoms with van der Waals surface area (Å²) in [5, 5.41) is 0.402. The van der Waals surface area contributed by atoms with Crippen molar-refractivity contribution in [3.63, 3.8) is 0 Å². The third-order valence-corrected chi connectivity index (χ3v) is 7.90. The van der Waals surface area contributed by atoms with E-state index in [4.69, 9.17) is 0 Å². The Kier molecular flexibility index (Phi) is 7.49. The normalized spacial score (nSPS) is 19.4. The van der Waals surface area contributed by atoms with Gasteiger partial charge in [0.05, 0.1) is 10.9 Å². The van der Waals surface area contributed by atoms with E-state index in [0.29, 0.717) is 55.3 Å². The van der Waals surface area contributed by atoms with Gasteiger partial charge in [0.2, 0.25) is 11.8 Å². The van der Waals surface area contributed by atoms with Gasteiger partial charge in [0.25, 0.3) is 5.56 Å². The third kappa shape index (κ3) is 5.30. The van der Waals surface area contributed by atoms with Gasteiger partial charge in [-0.15, -0.1) is 0 Å². The molecule has 2 aliphatic heterocycles. The number of likely N-dealkylation sites (tertiary alicyclic amines) is 1. The maximum atomic E-state index is 13.5. The van der Waals surface area contributed by atoms with Crippen LogP contribution in [0.25, 0.3) is 10.9 Å². The predicted octanol–water partition coefficient (Wildman–Crippen LogP) is 3.03. The van der Waals surface area contributed by atoms with Crippen molar-refractivity contribution in [2.24, 2.45) is 11.8 Å². The zero-order valence-corrected chi connectivity index (χ0v) is 22.3. The number of hydrogen-bond acceptors (Lipinski definition) is 4. The molecule has 1 fully saturated rings. The number of nitrogens with zero attached hydrogens (tertiary/aromatic N) is 4. The molecule has 0 aliphatic carbocycles. The Bertz CT molecular complexity index is 1460. The molecular formula is C30H36N4O4. The average molecular weight is 517 g/mol. The molecular weight excluding hydrogens is 480 g/mol. The molecule has 200 valence electrons. The number of fused-ring (bicyclic) bond motifs is 2. The highest BCUT2D eigenvalue weighted by molar-refractivity contribution is 5.82. The van der Waals surface area contributed by atoms with Crippen LogP contribution in [-0.4, -0.2) is 50.4 Å². The molecule has 5 rings (SSSR count). The van der Waals surface area contributed by atoms with E-state index in [-0.39, 0.29) is 36.9 Å². The Morgan fingerprint density at radius 3 is 2.29 bits per heavy atom. The fraction of sp³-hybridized carbons (Fsp3) is 0.467. The highest BCUT2D eigenvalue weighted by Crippen LogP contribution is 2.22. The van der Waals surface area contributed by atoms with Gasteiger partial charge in [0.1, 0.15) is 6.54 Å². The summed E-state index contributed by atoms with van der Waals surface area (Å²) in [5.41, 5.74) is 2.03. The van der Waals surface area contributed by atoms with Gasteiger partial charge < -0.3 is 9.80 Å². The van der Waals surface area contributed by atoms with E-state index in [9.17, 15) is 19.2 Å². The molecule has 38 heavy (non-hydrogen) atoms. The van der Waals surface area contributed by atoms with Gasteiger partial charge in [-0.05, 0) is 54.4 Å². The number of hydrogen-bond donors (Lipinski definition) is 0. The van der Waals surface area contributed by atoms with Crippen molar-refractivity contribution in [3.8, 4) is 0 Å². The zero-order chi connectivity index (χ0) is 26.8. The standard InChI is InChI=1S/C30H36N4O4/c1-21-16-22(2)18-32(17-21)28(36)20-34-26-11-6-5-10-25(26)29(37)33(30(34)38)14-7-12-27(35)31-15-13-23-8-3-4-9-24(23)19-31/h3-6,8-11,21-22H,7,12-20H2,1-2H3/t21-,22-/m1/s1. The van der Waals surface area contributed by atoms with Gasteiger partial charge in [-0.3, -0.25) is 23.5 Å². The van der Waals surface area contributed by atoms with Gasteiger partial charge in [-0.1, -0.05) is 50.2 Å². The summed E-state index contributed by atoms with van der Waals surface area (Å²) in [6.07, 6.45) is 2.54. The Hall–Kier alpha value is -3.68. The summed E-state index contributed by atoms with van der Waals surface area (Å²) in [6.45, 7) is 6.93. The minimum Gasteiger partial charge on any atom is -0.341 e. The molecule has 2 aromatic carbocycles. The number of carbonyl (C=O) groups is 2. The topological polar surface area (TPSA) is 84.6 Å². The van der Waals surface area contributed by atoms with E-state index >= 15 is 0 Å². The third-order valence-electron chi connectivity index (χ3n) is 7.90. The summed E-state index contributed by atoms with van der Waals surface area (Å²) in [7, 11) is 0. The van der Waals surface area contributed by atoms with Crippen molar-refractivity contribution in [2.45, 2.75) is 59.2 Å². The largest absolute Gasteiger partial charge is 0.341 e. The van der Waals surface area contributed by atoms with Crippen LogP contribution in [0.4, 0.5) is 0 Å². The van der Waals surface area contributed by atoms with Crippen molar-refractivity contribution in [2.75, 3.05) is 19.6 Å². The van der Waals surface area contributed by atoms with Crippen LogP contribution in [0.2, 0.25) is 0 Å². The number of para-hydroxylation sites is 1. The predicted molar refractivity (Wildman–Crippen MR) is 147 cm³/mol. The van der Waals surface area contributed by atoms with Crippen LogP contribution in [0.5, 0.6) is 0 Å². The first-order valence-electron chi connectivity index (χ1n) is 13.7. The van der Waals surface area contributed by atoms with Crippen LogP contribution < -0.4 is 11.2 Å². The number of amides is 2. The lowest BCUT2D eigenvalue weighted by Crippen LogP contribution is -2.47. The summed E-state index contributed by atoms with van der Waals surface area (Å²) in [4.78, 5) is 56.6.